The van der Waals surface area contributed by atoms with Gasteiger partial charge in [0.1, 0.15) is 0 Å². The Bertz CT molecular complexity index is 512. The lowest BCUT2D eigenvalue weighted by molar-refractivity contribution is 0.345. The third-order valence-electron chi connectivity index (χ3n) is 2.71. The van der Waals surface area contributed by atoms with Crippen LogP contribution < -0.4 is 5.73 Å². The van der Waals surface area contributed by atoms with E-state index in [0.717, 1.165) is 18.4 Å². The first-order chi connectivity index (χ1) is 8.70. The summed E-state index contributed by atoms with van der Waals surface area (Å²) in [6.45, 7) is 2.07. The largest absolute Gasteiger partial charge is 0.338 e. The Labute approximate surface area is 111 Å². The minimum Gasteiger partial charge on any atom is -0.338 e. The van der Waals surface area contributed by atoms with Gasteiger partial charge in [-0.1, -0.05) is 48.3 Å². The van der Waals surface area contributed by atoms with E-state index in [9.17, 15) is 0 Å². The zero-order chi connectivity index (χ0) is 13.0. The molecule has 0 spiro atoms. The number of benzene rings is 1. The summed E-state index contributed by atoms with van der Waals surface area (Å²) in [6, 6.07) is 7.45. The van der Waals surface area contributed by atoms with Crippen LogP contribution in [-0.4, -0.2) is 10.1 Å². The van der Waals surface area contributed by atoms with Crippen LogP contribution in [0.5, 0.6) is 0 Å². The van der Waals surface area contributed by atoms with Gasteiger partial charge in [-0.3, -0.25) is 0 Å². The molecule has 0 aliphatic rings. The van der Waals surface area contributed by atoms with Crippen molar-refractivity contribution in [3.63, 3.8) is 0 Å². The number of aromatic nitrogens is 2. The molecule has 0 aliphatic carbocycles. The molecule has 0 amide bonds. The molecule has 1 atom stereocenters. The highest BCUT2D eigenvalue weighted by molar-refractivity contribution is 6.31. The zero-order valence-electron chi connectivity index (χ0n) is 10.3. The van der Waals surface area contributed by atoms with E-state index in [1.165, 1.54) is 0 Å². The molecular formula is C13H16ClN3O. The Kier molecular flexibility index (Phi) is 4.33. The smallest absolute Gasteiger partial charge is 0.243 e. The second-order valence-corrected chi connectivity index (χ2v) is 4.62. The maximum atomic E-state index is 6.08. The van der Waals surface area contributed by atoms with Gasteiger partial charge in [0.05, 0.1) is 6.04 Å². The first-order valence-electron chi connectivity index (χ1n) is 6.02. The summed E-state index contributed by atoms with van der Waals surface area (Å²) >= 11 is 6.08. The van der Waals surface area contributed by atoms with Crippen LogP contribution >= 0.6 is 11.6 Å². The number of nitrogens with two attached hydrogens (primary N) is 1. The quantitative estimate of drug-likeness (QED) is 0.902. The van der Waals surface area contributed by atoms with E-state index in [-0.39, 0.29) is 6.04 Å². The molecule has 0 aliphatic heterocycles. The molecule has 4 nitrogen and oxygen atoms in total. The van der Waals surface area contributed by atoms with Crippen molar-refractivity contribution in [3.8, 4) is 0 Å². The van der Waals surface area contributed by atoms with Crippen LogP contribution in [0.4, 0.5) is 0 Å². The summed E-state index contributed by atoms with van der Waals surface area (Å²) in [4.78, 5) is 4.30. The van der Waals surface area contributed by atoms with E-state index in [0.29, 0.717) is 23.2 Å². The molecule has 2 rings (SSSR count). The van der Waals surface area contributed by atoms with E-state index in [1.54, 1.807) is 0 Å². The maximum absolute atomic E-state index is 6.08. The van der Waals surface area contributed by atoms with Gasteiger partial charge >= 0.3 is 0 Å². The molecule has 0 bridgehead atoms. The average Bonchev–Trinajstić information content (AvgIpc) is 2.81. The second-order valence-electron chi connectivity index (χ2n) is 4.21. The molecule has 1 aromatic heterocycles. The predicted octanol–water partition coefficient (Wildman–Crippen LogP) is 3.11. The Hall–Kier alpha value is -1.39. The van der Waals surface area contributed by atoms with Gasteiger partial charge in [-0.05, 0) is 18.1 Å². The standard InChI is InChI=1S/C13H16ClN3O/c1-2-5-11(15)13-16-12(17-18-13)8-9-6-3-4-7-10(9)14/h3-4,6-7,11H,2,5,8,15H2,1H3. The summed E-state index contributed by atoms with van der Waals surface area (Å²) in [5.41, 5.74) is 6.90. The fourth-order valence-corrected chi connectivity index (χ4v) is 1.94. The lowest BCUT2D eigenvalue weighted by Gasteiger charge is -2.02. The summed E-state index contributed by atoms with van der Waals surface area (Å²) in [5.74, 6) is 1.11. The van der Waals surface area contributed by atoms with Gasteiger partial charge < -0.3 is 10.3 Å². The van der Waals surface area contributed by atoms with Crippen LogP contribution in [0.3, 0.4) is 0 Å². The average molecular weight is 266 g/mol. The molecule has 0 saturated heterocycles. The molecule has 1 heterocycles. The number of halogens is 1. The van der Waals surface area contributed by atoms with E-state index in [2.05, 4.69) is 17.1 Å². The first-order valence-corrected chi connectivity index (χ1v) is 6.40. The summed E-state index contributed by atoms with van der Waals surface area (Å²) in [7, 11) is 0. The Morgan fingerprint density at radius 3 is 2.89 bits per heavy atom. The topological polar surface area (TPSA) is 64.9 Å². The van der Waals surface area contributed by atoms with Crippen molar-refractivity contribution >= 4 is 11.6 Å². The highest BCUT2D eigenvalue weighted by Crippen LogP contribution is 2.19. The van der Waals surface area contributed by atoms with Gasteiger partial charge in [-0.25, -0.2) is 0 Å². The van der Waals surface area contributed by atoms with Crippen molar-refractivity contribution in [2.24, 2.45) is 5.73 Å². The van der Waals surface area contributed by atoms with E-state index in [4.69, 9.17) is 21.9 Å². The highest BCUT2D eigenvalue weighted by atomic mass is 35.5. The van der Waals surface area contributed by atoms with Crippen molar-refractivity contribution in [1.82, 2.24) is 10.1 Å². The van der Waals surface area contributed by atoms with Crippen LogP contribution in [0, 0.1) is 0 Å². The molecule has 2 N–H and O–H groups in total. The minimum atomic E-state index is -0.178. The van der Waals surface area contributed by atoms with Crippen LogP contribution in [0.15, 0.2) is 28.8 Å². The molecule has 18 heavy (non-hydrogen) atoms. The minimum absolute atomic E-state index is 0.178. The van der Waals surface area contributed by atoms with E-state index in [1.807, 2.05) is 24.3 Å². The summed E-state index contributed by atoms with van der Waals surface area (Å²) in [6.07, 6.45) is 2.39. The van der Waals surface area contributed by atoms with Crippen molar-refractivity contribution in [1.29, 1.82) is 0 Å². The third-order valence-corrected chi connectivity index (χ3v) is 3.08. The van der Waals surface area contributed by atoms with Gasteiger partial charge in [0, 0.05) is 11.4 Å². The molecule has 0 saturated carbocycles. The molecule has 2 aromatic rings. The van der Waals surface area contributed by atoms with Crippen molar-refractivity contribution in [2.45, 2.75) is 32.2 Å². The molecule has 0 fully saturated rings. The molecule has 0 radical (unpaired) electrons. The van der Waals surface area contributed by atoms with Crippen LogP contribution in [0.2, 0.25) is 5.02 Å². The molecule has 96 valence electrons. The number of hydrogen-bond acceptors (Lipinski definition) is 4. The van der Waals surface area contributed by atoms with Crippen molar-refractivity contribution in [2.75, 3.05) is 0 Å². The lowest BCUT2D eigenvalue weighted by atomic mass is 10.1. The Morgan fingerprint density at radius 2 is 2.17 bits per heavy atom. The van der Waals surface area contributed by atoms with Crippen molar-refractivity contribution in [3.05, 3.63) is 46.6 Å². The van der Waals surface area contributed by atoms with Gasteiger partial charge in [0.15, 0.2) is 5.82 Å². The third kappa shape index (κ3) is 3.09. The van der Waals surface area contributed by atoms with Gasteiger partial charge in [-0.2, -0.15) is 4.98 Å². The number of rotatable bonds is 5. The fourth-order valence-electron chi connectivity index (χ4n) is 1.74. The Balaban J connectivity index is 2.09. The van der Waals surface area contributed by atoms with Gasteiger partial charge in [0.2, 0.25) is 5.89 Å². The molecule has 1 aromatic carbocycles. The van der Waals surface area contributed by atoms with Gasteiger partial charge in [-0.15, -0.1) is 0 Å². The van der Waals surface area contributed by atoms with E-state index < -0.39 is 0 Å². The van der Waals surface area contributed by atoms with Gasteiger partial charge in [0.25, 0.3) is 0 Å². The number of hydrogen-bond donors (Lipinski definition) is 1. The van der Waals surface area contributed by atoms with Crippen LogP contribution in [-0.2, 0) is 6.42 Å². The fraction of sp³-hybridized carbons (Fsp3) is 0.385. The van der Waals surface area contributed by atoms with E-state index >= 15 is 0 Å². The second kappa shape index (κ2) is 5.98. The lowest BCUT2D eigenvalue weighted by Crippen LogP contribution is -2.10. The maximum Gasteiger partial charge on any atom is 0.243 e. The Morgan fingerprint density at radius 1 is 1.39 bits per heavy atom. The summed E-state index contributed by atoms with van der Waals surface area (Å²) in [5, 5.41) is 4.64. The van der Waals surface area contributed by atoms with Crippen LogP contribution in [0.25, 0.3) is 0 Å². The summed E-state index contributed by atoms with van der Waals surface area (Å²) < 4.78 is 5.16. The molecule has 5 heteroatoms. The van der Waals surface area contributed by atoms with Crippen molar-refractivity contribution < 1.29 is 4.52 Å². The zero-order valence-corrected chi connectivity index (χ0v) is 11.0. The predicted molar refractivity (Wildman–Crippen MR) is 70.4 cm³/mol. The first kappa shape index (κ1) is 13.1. The normalized spacial score (nSPS) is 12.6. The molecule has 1 unspecified atom stereocenters. The monoisotopic (exact) mass is 265 g/mol. The highest BCUT2D eigenvalue weighted by Gasteiger charge is 2.14. The molecular weight excluding hydrogens is 250 g/mol. The van der Waals surface area contributed by atoms with Crippen LogP contribution in [0.1, 0.15) is 43.1 Å². The number of nitrogens with zero attached hydrogens (tertiary/aromatic N) is 2. The SMILES string of the molecule is CCCC(N)c1nc(Cc2ccccc2Cl)no1.